The number of rotatable bonds is 5. The predicted octanol–water partition coefficient (Wildman–Crippen LogP) is 4.78. The van der Waals surface area contributed by atoms with Crippen molar-refractivity contribution < 1.29 is 19.0 Å². The molecule has 2 heterocycles. The topological polar surface area (TPSA) is 70.0 Å². The zero-order valence-electron chi connectivity index (χ0n) is 20.8. The van der Waals surface area contributed by atoms with Crippen molar-refractivity contribution in [3.05, 3.63) is 93.9 Å². The van der Waals surface area contributed by atoms with Gasteiger partial charge in [-0.2, -0.15) is 0 Å². The van der Waals surface area contributed by atoms with Crippen LogP contribution >= 0.6 is 0 Å². The summed E-state index contributed by atoms with van der Waals surface area (Å²) in [4.78, 5) is 29.3. The molecule has 1 aromatic heterocycles. The van der Waals surface area contributed by atoms with Gasteiger partial charge in [-0.05, 0) is 54.8 Å². The summed E-state index contributed by atoms with van der Waals surface area (Å²) in [5.41, 5.74) is 3.08. The Hall–Kier alpha value is -4.26. The molecular weight excluding hydrogens is 456 g/mol. The maximum absolute atomic E-state index is 14.1. The molecule has 0 N–H and O–H groups in total. The Kier molecular flexibility index (Phi) is 6.14. The van der Waals surface area contributed by atoms with Gasteiger partial charge < -0.3 is 19.1 Å². The van der Waals surface area contributed by atoms with Gasteiger partial charge in [0.15, 0.2) is 11.5 Å². The van der Waals surface area contributed by atoms with Gasteiger partial charge in [-0.15, -0.1) is 0 Å². The Morgan fingerprint density at radius 3 is 2.33 bits per heavy atom. The van der Waals surface area contributed by atoms with Crippen molar-refractivity contribution in [1.29, 1.82) is 0 Å². The van der Waals surface area contributed by atoms with Crippen LogP contribution in [0.25, 0.3) is 16.5 Å². The van der Waals surface area contributed by atoms with Gasteiger partial charge in [-0.25, -0.2) is 0 Å². The first-order valence-electron chi connectivity index (χ1n) is 11.8. The summed E-state index contributed by atoms with van der Waals surface area (Å²) in [6.45, 7) is 2.57. The first-order chi connectivity index (χ1) is 17.5. The molecule has 0 fully saturated rings. The molecule has 1 amide bonds. The lowest BCUT2D eigenvalue weighted by molar-refractivity contribution is 0.0678. The average Bonchev–Trinajstić information content (AvgIpc) is 2.92. The molecule has 7 heteroatoms. The quantitative estimate of drug-likeness (QED) is 0.408. The fourth-order valence-corrected chi connectivity index (χ4v) is 4.99. The number of hydrogen-bond acceptors (Lipinski definition) is 5. The zero-order chi connectivity index (χ0) is 25.4. The summed E-state index contributed by atoms with van der Waals surface area (Å²) in [7, 11) is 4.81. The molecule has 0 saturated carbocycles. The smallest absolute Gasteiger partial charge is 0.262 e. The average molecular weight is 485 g/mol. The maximum Gasteiger partial charge on any atom is 0.262 e. The van der Waals surface area contributed by atoms with Gasteiger partial charge in [0.2, 0.25) is 0 Å². The minimum absolute atomic E-state index is 0.129. The number of amides is 1. The van der Waals surface area contributed by atoms with Crippen LogP contribution in [0.15, 0.2) is 71.7 Å². The van der Waals surface area contributed by atoms with Gasteiger partial charge >= 0.3 is 0 Å². The van der Waals surface area contributed by atoms with Crippen molar-refractivity contribution in [2.45, 2.75) is 19.4 Å². The summed E-state index contributed by atoms with van der Waals surface area (Å²) in [6, 6.07) is 18.3. The van der Waals surface area contributed by atoms with Crippen molar-refractivity contribution in [2.75, 3.05) is 27.9 Å². The number of fused-ring (bicyclic) bond motifs is 2. The number of benzene rings is 3. The molecule has 5 rings (SSSR count). The van der Waals surface area contributed by atoms with Crippen LogP contribution in [-0.4, -0.2) is 43.2 Å². The number of aromatic nitrogens is 1. The summed E-state index contributed by atoms with van der Waals surface area (Å²) < 4.78 is 17.8. The zero-order valence-corrected chi connectivity index (χ0v) is 20.8. The van der Waals surface area contributed by atoms with E-state index in [4.69, 9.17) is 14.2 Å². The Labute approximate surface area is 209 Å². The highest BCUT2D eigenvalue weighted by Gasteiger charge is 2.31. The number of ether oxygens (including phenoxy) is 3. The van der Waals surface area contributed by atoms with Gasteiger partial charge in [0.25, 0.3) is 11.5 Å². The van der Waals surface area contributed by atoms with E-state index in [0.717, 1.165) is 11.1 Å². The molecule has 0 bridgehead atoms. The van der Waals surface area contributed by atoms with Crippen LogP contribution < -0.4 is 19.8 Å². The van der Waals surface area contributed by atoms with E-state index in [9.17, 15) is 9.59 Å². The van der Waals surface area contributed by atoms with Crippen molar-refractivity contribution in [2.24, 2.45) is 0 Å². The van der Waals surface area contributed by atoms with Gasteiger partial charge in [-0.1, -0.05) is 24.3 Å². The Bertz CT molecular complexity index is 1520. The van der Waals surface area contributed by atoms with Crippen LogP contribution in [0.3, 0.4) is 0 Å². The van der Waals surface area contributed by atoms with E-state index in [1.165, 1.54) is 4.57 Å². The highest BCUT2D eigenvalue weighted by Crippen LogP contribution is 2.38. The minimum Gasteiger partial charge on any atom is -0.497 e. The number of carbonyl (C=O) groups excluding carboxylic acids is 1. The van der Waals surface area contributed by atoms with E-state index < -0.39 is 0 Å². The predicted molar refractivity (Wildman–Crippen MR) is 139 cm³/mol. The van der Waals surface area contributed by atoms with Crippen LogP contribution in [-0.2, 0) is 6.42 Å². The summed E-state index contributed by atoms with van der Waals surface area (Å²) in [5.74, 6) is 1.82. The van der Waals surface area contributed by atoms with E-state index in [1.54, 1.807) is 39.7 Å². The number of pyridine rings is 1. The van der Waals surface area contributed by atoms with E-state index in [-0.39, 0.29) is 17.5 Å². The molecule has 1 aliphatic heterocycles. The van der Waals surface area contributed by atoms with E-state index in [2.05, 4.69) is 0 Å². The lowest BCUT2D eigenvalue weighted by Gasteiger charge is -2.36. The molecule has 184 valence electrons. The van der Waals surface area contributed by atoms with Crippen LogP contribution in [0.4, 0.5) is 0 Å². The number of nitrogens with zero attached hydrogens (tertiary/aromatic N) is 2. The summed E-state index contributed by atoms with van der Waals surface area (Å²) >= 11 is 0. The Morgan fingerprint density at radius 2 is 1.61 bits per heavy atom. The molecule has 7 nitrogen and oxygen atoms in total. The van der Waals surface area contributed by atoms with Gasteiger partial charge in [0, 0.05) is 29.6 Å². The lowest BCUT2D eigenvalue weighted by atomic mass is 9.92. The number of methoxy groups -OCH3 is 3. The molecule has 0 unspecified atom stereocenters. The molecule has 3 aromatic carbocycles. The monoisotopic (exact) mass is 484 g/mol. The third kappa shape index (κ3) is 3.86. The highest BCUT2D eigenvalue weighted by atomic mass is 16.5. The van der Waals surface area contributed by atoms with Gasteiger partial charge in [0.05, 0.1) is 38.6 Å². The molecule has 1 atom stereocenters. The molecule has 0 saturated heterocycles. The van der Waals surface area contributed by atoms with E-state index in [1.807, 2.05) is 60.4 Å². The highest BCUT2D eigenvalue weighted by molar-refractivity contribution is 6.07. The van der Waals surface area contributed by atoms with Crippen molar-refractivity contribution in [3.8, 4) is 22.9 Å². The molecule has 36 heavy (non-hydrogen) atoms. The van der Waals surface area contributed by atoms with Gasteiger partial charge in [0.1, 0.15) is 5.75 Å². The third-order valence-electron chi connectivity index (χ3n) is 6.93. The normalized spacial score (nSPS) is 14.9. The van der Waals surface area contributed by atoms with Crippen LogP contribution in [0.5, 0.6) is 17.2 Å². The standard InChI is InChI=1S/C29H28N2O5/c1-18-24-16-27(36-4)26(35-3)14-19(24)12-13-30(18)29(33)25-17-31(20-8-7-9-21(15-20)34-2)28(32)23-11-6-5-10-22(23)25/h5-11,14-18H,12-13H2,1-4H3/t18-/m1/s1. The SMILES string of the molecule is COc1cccc(-n2cc(C(=O)N3CCc4cc(OC)c(OC)cc4[C@H]3C)c3ccccc3c2=O)c1. The summed E-state index contributed by atoms with van der Waals surface area (Å²) in [6.07, 6.45) is 2.35. The van der Waals surface area contributed by atoms with E-state index in [0.29, 0.717) is 52.2 Å². The lowest BCUT2D eigenvalue weighted by Crippen LogP contribution is -2.39. The molecular formula is C29H28N2O5. The second-order valence-electron chi connectivity index (χ2n) is 8.80. The molecule has 0 spiro atoms. The van der Waals surface area contributed by atoms with Crippen LogP contribution in [0.2, 0.25) is 0 Å². The summed E-state index contributed by atoms with van der Waals surface area (Å²) in [5, 5.41) is 1.12. The number of hydrogen-bond donors (Lipinski definition) is 0. The number of carbonyl (C=O) groups is 1. The van der Waals surface area contributed by atoms with E-state index >= 15 is 0 Å². The first kappa shape index (κ1) is 23.5. The Balaban J connectivity index is 1.62. The second-order valence-corrected chi connectivity index (χ2v) is 8.80. The molecule has 1 aliphatic rings. The maximum atomic E-state index is 14.1. The molecule has 0 radical (unpaired) electrons. The van der Waals surface area contributed by atoms with Crippen molar-refractivity contribution in [3.63, 3.8) is 0 Å². The van der Waals surface area contributed by atoms with Crippen molar-refractivity contribution in [1.82, 2.24) is 9.47 Å². The molecule has 4 aromatic rings. The fourth-order valence-electron chi connectivity index (χ4n) is 4.99. The Morgan fingerprint density at radius 1 is 0.889 bits per heavy atom. The minimum atomic E-state index is -0.190. The van der Waals surface area contributed by atoms with Crippen LogP contribution in [0, 0.1) is 0 Å². The largest absolute Gasteiger partial charge is 0.497 e. The van der Waals surface area contributed by atoms with Crippen LogP contribution in [0.1, 0.15) is 34.5 Å². The second kappa shape index (κ2) is 9.41. The fraction of sp³-hybridized carbons (Fsp3) is 0.241. The van der Waals surface area contributed by atoms with Crippen molar-refractivity contribution >= 4 is 16.7 Å². The molecule has 0 aliphatic carbocycles. The first-order valence-corrected chi connectivity index (χ1v) is 11.8. The third-order valence-corrected chi connectivity index (χ3v) is 6.93. The van der Waals surface area contributed by atoms with Gasteiger partial charge in [-0.3, -0.25) is 14.2 Å².